The molecule has 0 atom stereocenters. The Balaban J connectivity index is 1.56. The van der Waals surface area contributed by atoms with E-state index < -0.39 is 0 Å². The standard InChI is InChI=1S/C20H19N3O4/c24-11-4-12-26-17-9-7-16(8-10-17)23-19(25)15-13-21-20(22-14-15)27-18-5-2-1-3-6-18/h1-3,5-10,13-14,24H,4,11-12H2,(H,23,25). The van der Waals surface area contributed by atoms with Gasteiger partial charge < -0.3 is 19.9 Å². The van der Waals surface area contributed by atoms with Gasteiger partial charge in [0.15, 0.2) is 0 Å². The molecule has 1 aromatic heterocycles. The van der Waals surface area contributed by atoms with Crippen LogP contribution in [0.15, 0.2) is 67.0 Å². The average molecular weight is 365 g/mol. The molecule has 3 rings (SSSR count). The highest BCUT2D eigenvalue weighted by Gasteiger charge is 2.09. The van der Waals surface area contributed by atoms with E-state index >= 15 is 0 Å². The largest absolute Gasteiger partial charge is 0.494 e. The van der Waals surface area contributed by atoms with E-state index in [0.29, 0.717) is 35.8 Å². The number of hydrogen-bond donors (Lipinski definition) is 2. The number of nitrogens with zero attached hydrogens (tertiary/aromatic N) is 2. The van der Waals surface area contributed by atoms with Crippen LogP contribution < -0.4 is 14.8 Å². The van der Waals surface area contributed by atoms with Gasteiger partial charge in [-0.15, -0.1) is 0 Å². The molecule has 7 nitrogen and oxygen atoms in total. The second kappa shape index (κ2) is 9.30. The summed E-state index contributed by atoms with van der Waals surface area (Å²) in [4.78, 5) is 20.4. The summed E-state index contributed by atoms with van der Waals surface area (Å²) >= 11 is 0. The minimum Gasteiger partial charge on any atom is -0.494 e. The van der Waals surface area contributed by atoms with E-state index in [1.165, 1.54) is 12.4 Å². The molecule has 0 spiro atoms. The number of aromatic nitrogens is 2. The van der Waals surface area contributed by atoms with Gasteiger partial charge in [0.25, 0.3) is 5.91 Å². The Morgan fingerprint density at radius 2 is 1.67 bits per heavy atom. The number of ether oxygens (including phenoxy) is 2. The Morgan fingerprint density at radius 1 is 0.963 bits per heavy atom. The number of rotatable bonds is 8. The highest BCUT2D eigenvalue weighted by Crippen LogP contribution is 2.18. The fraction of sp³-hybridized carbons (Fsp3) is 0.150. The van der Waals surface area contributed by atoms with Crippen molar-refractivity contribution in [2.45, 2.75) is 6.42 Å². The first-order valence-corrected chi connectivity index (χ1v) is 8.44. The molecule has 0 aliphatic carbocycles. The van der Waals surface area contributed by atoms with Crippen LogP contribution in [0.1, 0.15) is 16.8 Å². The van der Waals surface area contributed by atoms with Crippen molar-refractivity contribution in [3.8, 4) is 17.5 Å². The lowest BCUT2D eigenvalue weighted by molar-refractivity contribution is 0.102. The smallest absolute Gasteiger partial charge is 0.321 e. The molecule has 2 aromatic carbocycles. The lowest BCUT2D eigenvalue weighted by Gasteiger charge is -2.08. The number of para-hydroxylation sites is 1. The zero-order valence-electron chi connectivity index (χ0n) is 14.5. The molecule has 0 bridgehead atoms. The van der Waals surface area contributed by atoms with Crippen molar-refractivity contribution >= 4 is 11.6 Å². The quantitative estimate of drug-likeness (QED) is 0.595. The maximum absolute atomic E-state index is 12.3. The van der Waals surface area contributed by atoms with Crippen molar-refractivity contribution in [2.24, 2.45) is 0 Å². The molecular formula is C20H19N3O4. The van der Waals surface area contributed by atoms with Gasteiger partial charge in [-0.05, 0) is 36.4 Å². The SMILES string of the molecule is O=C(Nc1ccc(OCCCO)cc1)c1cnc(Oc2ccccc2)nc1. The fourth-order valence-electron chi connectivity index (χ4n) is 2.17. The van der Waals surface area contributed by atoms with E-state index in [4.69, 9.17) is 14.6 Å². The number of aliphatic hydroxyl groups is 1. The van der Waals surface area contributed by atoms with E-state index in [-0.39, 0.29) is 18.5 Å². The van der Waals surface area contributed by atoms with E-state index in [1.54, 1.807) is 36.4 Å². The minimum absolute atomic E-state index is 0.0887. The summed E-state index contributed by atoms with van der Waals surface area (Å²) in [7, 11) is 0. The summed E-state index contributed by atoms with van der Waals surface area (Å²) in [5.41, 5.74) is 0.942. The topological polar surface area (TPSA) is 93.6 Å². The maximum Gasteiger partial charge on any atom is 0.321 e. The third kappa shape index (κ3) is 5.52. The molecule has 0 fully saturated rings. The molecule has 0 saturated heterocycles. The van der Waals surface area contributed by atoms with Crippen LogP contribution in [-0.4, -0.2) is 34.2 Å². The summed E-state index contributed by atoms with van der Waals surface area (Å²) in [5.74, 6) is 0.971. The number of carbonyl (C=O) groups is 1. The van der Waals surface area contributed by atoms with Crippen molar-refractivity contribution in [1.82, 2.24) is 9.97 Å². The van der Waals surface area contributed by atoms with Crippen LogP contribution >= 0.6 is 0 Å². The zero-order valence-corrected chi connectivity index (χ0v) is 14.5. The number of nitrogens with one attached hydrogen (secondary N) is 1. The van der Waals surface area contributed by atoms with Crippen LogP contribution in [0.25, 0.3) is 0 Å². The molecule has 0 aliphatic rings. The van der Waals surface area contributed by atoms with Crippen LogP contribution in [0, 0.1) is 0 Å². The van der Waals surface area contributed by atoms with Gasteiger partial charge in [0.2, 0.25) is 0 Å². The highest BCUT2D eigenvalue weighted by molar-refractivity contribution is 6.03. The molecule has 0 saturated carbocycles. The second-order valence-corrected chi connectivity index (χ2v) is 5.57. The number of carbonyl (C=O) groups excluding carboxylic acids is 1. The molecule has 0 aliphatic heterocycles. The predicted molar refractivity (Wildman–Crippen MR) is 100 cm³/mol. The van der Waals surface area contributed by atoms with Gasteiger partial charge in [-0.2, -0.15) is 0 Å². The average Bonchev–Trinajstić information content (AvgIpc) is 2.71. The summed E-state index contributed by atoms with van der Waals surface area (Å²) in [5, 5.41) is 11.5. The molecule has 7 heteroatoms. The summed E-state index contributed by atoms with van der Waals surface area (Å²) in [6, 6.07) is 16.3. The second-order valence-electron chi connectivity index (χ2n) is 5.57. The first kappa shape index (κ1) is 18.3. The lowest BCUT2D eigenvalue weighted by atomic mass is 10.2. The summed E-state index contributed by atoms with van der Waals surface area (Å²) in [6.07, 6.45) is 3.39. The van der Waals surface area contributed by atoms with Crippen LogP contribution in [0.4, 0.5) is 5.69 Å². The van der Waals surface area contributed by atoms with Crippen molar-refractivity contribution in [3.05, 3.63) is 72.6 Å². The van der Waals surface area contributed by atoms with Crippen LogP contribution in [-0.2, 0) is 0 Å². The van der Waals surface area contributed by atoms with Gasteiger partial charge in [0.05, 0.1) is 12.2 Å². The fourth-order valence-corrected chi connectivity index (χ4v) is 2.17. The van der Waals surface area contributed by atoms with E-state index in [1.807, 2.05) is 18.2 Å². The monoisotopic (exact) mass is 365 g/mol. The van der Waals surface area contributed by atoms with Gasteiger partial charge in [0, 0.05) is 31.1 Å². The lowest BCUT2D eigenvalue weighted by Crippen LogP contribution is -2.12. The summed E-state index contributed by atoms with van der Waals surface area (Å²) < 4.78 is 10.9. The molecule has 1 amide bonds. The van der Waals surface area contributed by atoms with E-state index in [9.17, 15) is 4.79 Å². The van der Waals surface area contributed by atoms with Crippen molar-refractivity contribution < 1.29 is 19.4 Å². The normalized spacial score (nSPS) is 10.3. The van der Waals surface area contributed by atoms with Crippen LogP contribution in [0.2, 0.25) is 0 Å². The van der Waals surface area contributed by atoms with Crippen LogP contribution in [0.3, 0.4) is 0 Å². The van der Waals surface area contributed by atoms with Crippen molar-refractivity contribution in [1.29, 1.82) is 0 Å². The molecular weight excluding hydrogens is 346 g/mol. The molecule has 3 aromatic rings. The van der Waals surface area contributed by atoms with Gasteiger partial charge in [0.1, 0.15) is 11.5 Å². The number of hydrogen-bond acceptors (Lipinski definition) is 6. The Bertz CT molecular complexity index is 853. The Hall–Kier alpha value is -3.45. The summed E-state index contributed by atoms with van der Waals surface area (Å²) in [6.45, 7) is 0.530. The Labute approximate surface area is 156 Å². The third-order valence-electron chi connectivity index (χ3n) is 3.53. The zero-order chi connectivity index (χ0) is 18.9. The van der Waals surface area contributed by atoms with Gasteiger partial charge in [-0.25, -0.2) is 9.97 Å². The number of anilines is 1. The van der Waals surface area contributed by atoms with Crippen molar-refractivity contribution in [2.75, 3.05) is 18.5 Å². The van der Waals surface area contributed by atoms with Crippen LogP contribution in [0.5, 0.6) is 17.5 Å². The molecule has 2 N–H and O–H groups in total. The van der Waals surface area contributed by atoms with E-state index in [2.05, 4.69) is 15.3 Å². The Kier molecular flexibility index (Phi) is 6.32. The maximum atomic E-state index is 12.3. The Morgan fingerprint density at radius 3 is 2.33 bits per heavy atom. The molecule has 0 radical (unpaired) electrons. The molecule has 0 unspecified atom stereocenters. The predicted octanol–water partition coefficient (Wildman–Crippen LogP) is 3.28. The number of amides is 1. The van der Waals surface area contributed by atoms with E-state index in [0.717, 1.165) is 0 Å². The third-order valence-corrected chi connectivity index (χ3v) is 3.53. The van der Waals surface area contributed by atoms with Gasteiger partial charge in [-0.1, -0.05) is 18.2 Å². The number of benzene rings is 2. The number of aliphatic hydroxyl groups excluding tert-OH is 1. The molecule has 138 valence electrons. The molecule has 27 heavy (non-hydrogen) atoms. The minimum atomic E-state index is -0.324. The van der Waals surface area contributed by atoms with Crippen molar-refractivity contribution in [3.63, 3.8) is 0 Å². The molecule has 1 heterocycles. The highest BCUT2D eigenvalue weighted by atomic mass is 16.5. The van der Waals surface area contributed by atoms with Gasteiger partial charge >= 0.3 is 6.01 Å². The van der Waals surface area contributed by atoms with Gasteiger partial charge in [-0.3, -0.25) is 4.79 Å². The first-order chi connectivity index (χ1) is 13.2. The first-order valence-electron chi connectivity index (χ1n) is 8.44.